The summed E-state index contributed by atoms with van der Waals surface area (Å²) < 4.78 is 36.7. The minimum Gasteiger partial charge on any atom is -0.390 e. The summed E-state index contributed by atoms with van der Waals surface area (Å²) in [5.41, 5.74) is 10.4. The lowest BCUT2D eigenvalue weighted by Gasteiger charge is -2.18. The van der Waals surface area contributed by atoms with Crippen LogP contribution < -0.4 is 0 Å². The second kappa shape index (κ2) is 68.4. The van der Waals surface area contributed by atoms with Crippen molar-refractivity contribution in [2.45, 2.75) is 457 Å². The van der Waals surface area contributed by atoms with E-state index in [2.05, 4.69) is 54.7 Å². The van der Waals surface area contributed by atoms with Crippen LogP contribution in [0.25, 0.3) is 0 Å². The van der Waals surface area contributed by atoms with Crippen LogP contribution in [0.2, 0.25) is 0 Å². The number of allylic oxidation sites excluding steroid dienone is 2. The number of rotatable bonds is 59. The Labute approximate surface area is 813 Å². The van der Waals surface area contributed by atoms with E-state index in [1.54, 1.807) is 43.3 Å². The lowest BCUT2D eigenvalue weighted by molar-refractivity contribution is -0.147. The topological polar surface area (TPSA) is 279 Å². The number of hydrogen-bond donors (Lipinski definition) is 6. The summed E-state index contributed by atoms with van der Waals surface area (Å²) in [6.45, 7) is 35.3. The molecular formula is C117H176O18. The fourth-order valence-corrected chi connectivity index (χ4v) is 17.2. The smallest absolute Gasteiger partial charge is 0.185 e. The number of aliphatic hydroxyl groups excluding tert-OH is 6. The first-order chi connectivity index (χ1) is 64.7. The monoisotopic (exact) mass is 1870 g/mol. The molecule has 6 aromatic rings. The van der Waals surface area contributed by atoms with Crippen LogP contribution >= 0.6 is 0 Å². The Balaban J connectivity index is 0.000000339. The van der Waals surface area contributed by atoms with Crippen LogP contribution in [-0.2, 0) is 66.9 Å². The zero-order chi connectivity index (χ0) is 99.4. The first-order valence-electron chi connectivity index (χ1n) is 51.6. The maximum absolute atomic E-state index is 11.6. The number of Topliss-reactive ketones (excluding diaryl/α,β-unsaturated/α-hetero) is 2. The molecule has 0 saturated carbocycles. The average Bonchev–Trinajstić information content (AvgIpc) is 1.68. The Hall–Kier alpha value is -7.66. The predicted octanol–water partition coefficient (Wildman–Crippen LogP) is 26.0. The van der Waals surface area contributed by atoms with E-state index in [0.29, 0.717) is 66.3 Å². The van der Waals surface area contributed by atoms with Crippen molar-refractivity contribution in [3.8, 4) is 0 Å². The fourth-order valence-electron chi connectivity index (χ4n) is 17.2. The van der Waals surface area contributed by atoms with Crippen LogP contribution in [0.1, 0.15) is 424 Å². The number of aldehydes is 2. The van der Waals surface area contributed by atoms with E-state index >= 15 is 0 Å². The number of unbranched alkanes of at least 4 members (excludes halogenated alkanes) is 24. The van der Waals surface area contributed by atoms with Crippen molar-refractivity contribution in [2.24, 2.45) is 0 Å². The molecule has 12 atom stereocenters. The number of carbonyl (C=O) groups excluding carboxylic acids is 6. The molecule has 0 radical (unpaired) electrons. The van der Waals surface area contributed by atoms with Gasteiger partial charge in [0.1, 0.15) is 12.6 Å². The normalized spacial score (nSPS) is 18.5. The third-order valence-electron chi connectivity index (χ3n) is 25.2. The minimum absolute atomic E-state index is 0.0363. The summed E-state index contributed by atoms with van der Waals surface area (Å²) in [6, 6.07) is 44.7. The molecule has 0 aliphatic carbocycles. The van der Waals surface area contributed by atoms with Crippen molar-refractivity contribution in [1.82, 2.24) is 0 Å². The molecule has 9 rings (SSSR count). The van der Waals surface area contributed by atoms with Crippen molar-refractivity contribution in [3.05, 3.63) is 238 Å². The van der Waals surface area contributed by atoms with Crippen LogP contribution in [0.4, 0.5) is 0 Å². The predicted molar refractivity (Wildman–Crippen MR) is 548 cm³/mol. The number of benzene rings is 6. The molecule has 0 spiro atoms. The van der Waals surface area contributed by atoms with Gasteiger partial charge in [-0.15, -0.1) is 0 Å². The molecule has 3 aliphatic heterocycles. The standard InChI is InChI=1S/C22H32O3.C21H32O3.C20H30O3.C19H28O3.C18H28O3.C17H26O3/c1-5-7-8-9-10-11-20-21(25-22(3,4)24-20)16-17-12-14-18(15-13-17)19(23)6-2;1-5-6-7-8-9-10-19-20(24-21(3,4)23-19)15-17-11-13-18(14-12-17)16(2)22;1-4-5-6-7-8-9-18-19(23-20(2,3)22-18)14-16-10-12-17(15-21)13-11-16;1-3-5-6-7-8-9-18(21)19(22)14-15-10-12-16(13-11-15)17(20)4-2;1-3-4-5-6-7-8-17(20)18(21)13-15-9-11-16(12-10-15)14(2)19;1-2-3-4-5-6-7-16(19)17(20)12-14-8-10-15(13-18)11-9-14/h6,12-15,20-21H,2,5,7-11,16H2,1,3-4H3;11-14,19-20H,5-10,15H2,1-4H3;10-13,15,18-19H,4-9,14H2,1-3H3;4,10-13,18-19,21-22H,2-3,5-9,14H2,1H3;9-12,17-18,20-21H,3-8,13H2,1-2H3;8-11,13,16-17,19-20H,2-7,12H2,1H3/t20-,21-;19-,20-;2*18-,19-;17-,18-;16-,17-/m111111/s1. The molecule has 18 heteroatoms. The van der Waals surface area contributed by atoms with E-state index in [0.717, 1.165) is 112 Å². The van der Waals surface area contributed by atoms with Gasteiger partial charge in [-0.3, -0.25) is 28.8 Å². The molecule has 752 valence electrons. The van der Waals surface area contributed by atoms with E-state index in [4.69, 9.17) is 28.4 Å². The van der Waals surface area contributed by atoms with Crippen LogP contribution in [0, 0.1) is 0 Å². The van der Waals surface area contributed by atoms with E-state index < -0.39 is 54.0 Å². The fraction of sp³-hybridized carbons (Fsp3) is 0.607. The second-order valence-electron chi connectivity index (χ2n) is 38.7. The van der Waals surface area contributed by atoms with Gasteiger partial charge in [0.05, 0.1) is 73.2 Å². The number of hydrogen-bond acceptors (Lipinski definition) is 18. The van der Waals surface area contributed by atoms with E-state index in [1.807, 2.05) is 151 Å². The van der Waals surface area contributed by atoms with Crippen molar-refractivity contribution < 1.29 is 87.8 Å². The number of carbonyl (C=O) groups is 6. The lowest BCUT2D eigenvalue weighted by Crippen LogP contribution is -2.27. The first-order valence-corrected chi connectivity index (χ1v) is 51.6. The maximum Gasteiger partial charge on any atom is 0.185 e. The number of ketones is 4. The van der Waals surface area contributed by atoms with Gasteiger partial charge in [-0.05, 0) is 139 Å². The van der Waals surface area contributed by atoms with Crippen molar-refractivity contribution in [1.29, 1.82) is 0 Å². The van der Waals surface area contributed by atoms with Gasteiger partial charge in [0.2, 0.25) is 0 Å². The minimum atomic E-state index is -0.757. The Morgan fingerprint density at radius 3 is 0.704 bits per heavy atom. The van der Waals surface area contributed by atoms with Crippen LogP contribution in [0.5, 0.6) is 0 Å². The van der Waals surface area contributed by atoms with Gasteiger partial charge in [0.25, 0.3) is 0 Å². The van der Waals surface area contributed by atoms with Gasteiger partial charge in [-0.1, -0.05) is 393 Å². The molecule has 18 nitrogen and oxygen atoms in total. The summed E-state index contributed by atoms with van der Waals surface area (Å²) in [4.78, 5) is 67.0. The zero-order valence-electron chi connectivity index (χ0n) is 85.3. The Morgan fingerprint density at radius 1 is 0.281 bits per heavy atom. The highest BCUT2D eigenvalue weighted by Crippen LogP contribution is 2.37. The lowest BCUT2D eigenvalue weighted by atomic mass is 9.98. The first kappa shape index (κ1) is 120. The van der Waals surface area contributed by atoms with Gasteiger partial charge in [0, 0.05) is 71.9 Å². The largest absolute Gasteiger partial charge is 0.390 e. The second-order valence-corrected chi connectivity index (χ2v) is 38.7. The quantitative estimate of drug-likeness (QED) is 0.00896. The summed E-state index contributed by atoms with van der Waals surface area (Å²) in [6.07, 6.45) is 45.8. The van der Waals surface area contributed by atoms with Crippen LogP contribution in [0.3, 0.4) is 0 Å². The number of aliphatic hydroxyl groups is 6. The van der Waals surface area contributed by atoms with Gasteiger partial charge >= 0.3 is 0 Å². The van der Waals surface area contributed by atoms with Crippen molar-refractivity contribution in [2.75, 3.05) is 0 Å². The molecule has 0 amide bonds. The molecule has 0 unspecified atom stereocenters. The molecule has 0 aromatic heterocycles. The summed E-state index contributed by atoms with van der Waals surface area (Å²) >= 11 is 0. The van der Waals surface area contributed by atoms with E-state index in [1.165, 1.54) is 190 Å². The summed E-state index contributed by atoms with van der Waals surface area (Å²) in [7, 11) is 0. The van der Waals surface area contributed by atoms with Gasteiger partial charge in [-0.2, -0.15) is 0 Å². The van der Waals surface area contributed by atoms with Crippen LogP contribution in [-0.4, -0.2) is 157 Å². The van der Waals surface area contributed by atoms with E-state index in [9.17, 15) is 59.4 Å². The molecule has 3 aliphatic rings. The molecule has 135 heavy (non-hydrogen) atoms. The van der Waals surface area contributed by atoms with Gasteiger partial charge in [0.15, 0.2) is 40.5 Å². The molecule has 6 aromatic carbocycles. The highest BCUT2D eigenvalue weighted by molar-refractivity contribution is 6.04. The van der Waals surface area contributed by atoms with Crippen LogP contribution in [0.15, 0.2) is 171 Å². The number of ether oxygens (including phenoxy) is 6. The third kappa shape index (κ3) is 50.7. The highest BCUT2D eigenvalue weighted by Gasteiger charge is 2.43. The Kier molecular flexibility index (Phi) is 60.6. The summed E-state index contributed by atoms with van der Waals surface area (Å²) in [5.74, 6) is -1.53. The molecule has 0 bridgehead atoms. The maximum atomic E-state index is 11.6. The summed E-state index contributed by atoms with van der Waals surface area (Å²) in [5, 5.41) is 60.0. The Bertz CT molecular complexity index is 4170. The van der Waals surface area contributed by atoms with Gasteiger partial charge < -0.3 is 59.1 Å². The molecule has 3 fully saturated rings. The molecule has 6 N–H and O–H groups in total. The average molecular weight is 1870 g/mol. The zero-order valence-corrected chi connectivity index (χ0v) is 85.3. The van der Waals surface area contributed by atoms with Crippen molar-refractivity contribution in [3.63, 3.8) is 0 Å². The molecule has 3 heterocycles. The van der Waals surface area contributed by atoms with Gasteiger partial charge in [-0.25, -0.2) is 0 Å². The highest BCUT2D eigenvalue weighted by atomic mass is 16.8. The van der Waals surface area contributed by atoms with Crippen molar-refractivity contribution >= 4 is 35.7 Å². The molecular weight excluding hydrogens is 1690 g/mol. The molecule has 3 saturated heterocycles. The third-order valence-corrected chi connectivity index (χ3v) is 25.2. The van der Waals surface area contributed by atoms with E-state index in [-0.39, 0.29) is 59.8 Å². The SMILES string of the molecule is C=CC(=O)c1ccc(C[C@@H](O)[C@H](O)CCCCCCC)cc1.C=CC(=O)c1ccc(C[C@H]2OC(C)(C)O[C@@H]2CCCCCCC)cc1.CCCCCCC[C@@H](O)[C@H](O)Cc1ccc(C(C)=O)cc1.CCCCCCC[C@@H](O)[C@H](O)Cc1ccc(C=O)cc1.CCCCCCC[C@H]1OC(C)(C)O[C@@H]1Cc1ccc(C(C)=O)cc1.CCCCCCC[C@H]1OC(C)(C)O[C@@H]1Cc1ccc(C=O)cc1. The Morgan fingerprint density at radius 2 is 0.481 bits per heavy atom.